The van der Waals surface area contributed by atoms with Crippen molar-refractivity contribution < 1.29 is 0 Å². The van der Waals surface area contributed by atoms with Crippen LogP contribution in [0, 0.1) is 40.4 Å². The van der Waals surface area contributed by atoms with Crippen LogP contribution in [-0.4, -0.2) is 0 Å². The van der Waals surface area contributed by atoms with Gasteiger partial charge in [-0.1, -0.05) is 46.5 Å². The first-order valence-corrected chi connectivity index (χ1v) is 10.6. The minimum absolute atomic E-state index is 0.700. The van der Waals surface area contributed by atoms with Crippen LogP contribution in [-0.2, 0) is 0 Å². The summed E-state index contributed by atoms with van der Waals surface area (Å²) >= 11 is 0. The van der Waals surface area contributed by atoms with Crippen LogP contribution in [0.3, 0.4) is 0 Å². The van der Waals surface area contributed by atoms with Gasteiger partial charge in [-0.15, -0.1) is 0 Å². The number of rotatable bonds is 1. The molecule has 0 heteroatoms. The summed E-state index contributed by atoms with van der Waals surface area (Å²) < 4.78 is 0. The molecule has 7 atom stereocenters. The van der Waals surface area contributed by atoms with E-state index < -0.39 is 0 Å². The summed E-state index contributed by atoms with van der Waals surface area (Å²) in [6.07, 6.45) is 18.5. The Balaban J connectivity index is 1.63. The fourth-order valence-corrected chi connectivity index (χ4v) is 8.28. The van der Waals surface area contributed by atoms with Gasteiger partial charge in [0, 0.05) is 0 Å². The van der Waals surface area contributed by atoms with Crippen LogP contribution in [0.5, 0.6) is 0 Å². The highest BCUT2D eigenvalue weighted by molar-refractivity contribution is 5.07. The SMILES string of the molecule is CCC1CCCC2C3CCC4CCCCC4(C)C3CCC12C. The number of fused-ring (bicyclic) bond motifs is 5. The van der Waals surface area contributed by atoms with Crippen LogP contribution < -0.4 is 0 Å². The Labute approximate surface area is 138 Å². The molecule has 0 bridgehead atoms. The molecule has 4 aliphatic carbocycles. The van der Waals surface area contributed by atoms with E-state index >= 15 is 0 Å². The zero-order valence-electron chi connectivity index (χ0n) is 15.4. The van der Waals surface area contributed by atoms with E-state index in [1.54, 1.807) is 44.9 Å². The quantitative estimate of drug-likeness (QED) is 0.497. The van der Waals surface area contributed by atoms with Gasteiger partial charge >= 0.3 is 0 Å². The first kappa shape index (κ1) is 15.5. The smallest absolute Gasteiger partial charge is 0.0266 e. The molecule has 0 amide bonds. The zero-order chi connectivity index (χ0) is 15.4. The number of hydrogen-bond donors (Lipinski definition) is 0. The van der Waals surface area contributed by atoms with Crippen molar-refractivity contribution in [1.82, 2.24) is 0 Å². The molecule has 126 valence electrons. The monoisotopic (exact) mass is 302 g/mol. The Kier molecular flexibility index (Phi) is 3.90. The van der Waals surface area contributed by atoms with Crippen LogP contribution in [0.25, 0.3) is 0 Å². The van der Waals surface area contributed by atoms with Crippen molar-refractivity contribution in [3.05, 3.63) is 0 Å². The Bertz CT molecular complexity index is 400. The van der Waals surface area contributed by atoms with E-state index in [0.717, 1.165) is 35.0 Å². The molecule has 4 saturated carbocycles. The van der Waals surface area contributed by atoms with E-state index in [4.69, 9.17) is 0 Å². The molecule has 0 nitrogen and oxygen atoms in total. The summed E-state index contributed by atoms with van der Waals surface area (Å²) in [6.45, 7) is 7.89. The summed E-state index contributed by atoms with van der Waals surface area (Å²) in [5, 5.41) is 0. The van der Waals surface area contributed by atoms with Crippen molar-refractivity contribution in [3.8, 4) is 0 Å². The van der Waals surface area contributed by atoms with Crippen molar-refractivity contribution in [1.29, 1.82) is 0 Å². The average Bonchev–Trinajstić information content (AvgIpc) is 2.52. The summed E-state index contributed by atoms with van der Waals surface area (Å²) in [5.41, 5.74) is 1.42. The topological polar surface area (TPSA) is 0 Å². The molecule has 0 aromatic heterocycles. The first-order valence-electron chi connectivity index (χ1n) is 10.6. The zero-order valence-corrected chi connectivity index (χ0v) is 15.4. The van der Waals surface area contributed by atoms with E-state index in [-0.39, 0.29) is 0 Å². The molecular weight excluding hydrogens is 264 g/mol. The molecule has 0 saturated heterocycles. The lowest BCUT2D eigenvalue weighted by molar-refractivity contribution is -0.141. The van der Waals surface area contributed by atoms with E-state index in [2.05, 4.69) is 20.8 Å². The third kappa shape index (κ3) is 2.07. The fraction of sp³-hybridized carbons (Fsp3) is 1.00. The van der Waals surface area contributed by atoms with E-state index in [9.17, 15) is 0 Å². The highest BCUT2D eigenvalue weighted by Gasteiger charge is 2.57. The van der Waals surface area contributed by atoms with Gasteiger partial charge in [0.2, 0.25) is 0 Å². The lowest BCUT2D eigenvalue weighted by Crippen LogP contribution is -2.55. The molecule has 4 fully saturated rings. The Morgan fingerprint density at radius 1 is 0.727 bits per heavy atom. The van der Waals surface area contributed by atoms with Crippen molar-refractivity contribution >= 4 is 0 Å². The van der Waals surface area contributed by atoms with Crippen molar-refractivity contribution in [2.24, 2.45) is 40.4 Å². The maximum absolute atomic E-state index is 2.72. The Hall–Kier alpha value is 0. The van der Waals surface area contributed by atoms with Crippen LogP contribution >= 0.6 is 0 Å². The van der Waals surface area contributed by atoms with Gasteiger partial charge in [-0.2, -0.15) is 0 Å². The summed E-state index contributed by atoms with van der Waals surface area (Å²) in [7, 11) is 0. The van der Waals surface area contributed by atoms with Crippen molar-refractivity contribution in [3.63, 3.8) is 0 Å². The average molecular weight is 303 g/mol. The maximum atomic E-state index is 2.72. The summed E-state index contributed by atoms with van der Waals surface area (Å²) in [5.74, 6) is 5.36. The van der Waals surface area contributed by atoms with E-state index in [0.29, 0.717) is 5.41 Å². The lowest BCUT2D eigenvalue weighted by atomic mass is 9.42. The normalized spacial score (nSPS) is 55.0. The minimum Gasteiger partial charge on any atom is -0.0651 e. The van der Waals surface area contributed by atoms with Crippen LogP contribution in [0.15, 0.2) is 0 Å². The van der Waals surface area contributed by atoms with Gasteiger partial charge in [-0.25, -0.2) is 0 Å². The van der Waals surface area contributed by atoms with E-state index in [1.807, 2.05) is 0 Å². The second kappa shape index (κ2) is 5.52. The lowest BCUT2D eigenvalue weighted by Gasteiger charge is -2.63. The third-order valence-corrected chi connectivity index (χ3v) is 9.51. The van der Waals surface area contributed by atoms with Crippen LogP contribution in [0.4, 0.5) is 0 Å². The second-order valence-corrected chi connectivity index (χ2v) is 9.98. The molecule has 0 radical (unpaired) electrons. The van der Waals surface area contributed by atoms with Crippen LogP contribution in [0.2, 0.25) is 0 Å². The highest BCUT2D eigenvalue weighted by Crippen LogP contribution is 2.66. The molecule has 22 heavy (non-hydrogen) atoms. The highest BCUT2D eigenvalue weighted by atomic mass is 14.6. The largest absolute Gasteiger partial charge is 0.0651 e. The van der Waals surface area contributed by atoms with Gasteiger partial charge < -0.3 is 0 Å². The third-order valence-electron chi connectivity index (χ3n) is 9.51. The molecule has 0 N–H and O–H groups in total. The summed E-state index contributed by atoms with van der Waals surface area (Å²) in [4.78, 5) is 0. The molecule has 0 aromatic rings. The van der Waals surface area contributed by atoms with E-state index in [1.165, 1.54) is 32.1 Å². The first-order chi connectivity index (χ1) is 10.6. The Morgan fingerprint density at radius 3 is 2.36 bits per heavy atom. The standard InChI is InChI=1S/C22H38/c1-4-16-9-7-10-19-18-12-11-17-8-5-6-14-21(17,2)20(18)13-15-22(16,19)3/h16-20H,4-15H2,1-3H3. The molecule has 4 aliphatic rings. The van der Waals surface area contributed by atoms with Crippen molar-refractivity contribution in [2.75, 3.05) is 0 Å². The molecule has 0 spiro atoms. The molecule has 4 rings (SSSR count). The van der Waals surface area contributed by atoms with Gasteiger partial charge in [0.25, 0.3) is 0 Å². The molecule has 0 aliphatic heterocycles. The Morgan fingerprint density at radius 2 is 1.55 bits per heavy atom. The predicted octanol–water partition coefficient (Wildman–Crippen LogP) is 6.84. The number of hydrogen-bond acceptors (Lipinski definition) is 0. The molecule has 0 heterocycles. The van der Waals surface area contributed by atoms with Crippen LogP contribution in [0.1, 0.15) is 97.8 Å². The predicted molar refractivity (Wildman–Crippen MR) is 94.7 cm³/mol. The van der Waals surface area contributed by atoms with Gasteiger partial charge in [0.15, 0.2) is 0 Å². The van der Waals surface area contributed by atoms with Gasteiger partial charge in [-0.05, 0) is 91.8 Å². The summed E-state index contributed by atoms with van der Waals surface area (Å²) in [6, 6.07) is 0. The second-order valence-electron chi connectivity index (χ2n) is 9.98. The maximum Gasteiger partial charge on any atom is -0.0266 e. The van der Waals surface area contributed by atoms with Gasteiger partial charge in [-0.3, -0.25) is 0 Å². The molecular formula is C22H38. The van der Waals surface area contributed by atoms with Crippen molar-refractivity contribution in [2.45, 2.75) is 97.8 Å². The molecule has 7 unspecified atom stereocenters. The minimum atomic E-state index is 0.700. The van der Waals surface area contributed by atoms with Gasteiger partial charge in [0.05, 0.1) is 0 Å². The molecule has 0 aromatic carbocycles. The fourth-order valence-electron chi connectivity index (χ4n) is 8.28. The van der Waals surface area contributed by atoms with Gasteiger partial charge in [0.1, 0.15) is 0 Å².